The van der Waals surface area contributed by atoms with Crippen LogP contribution in [0, 0.1) is 0 Å². The lowest BCUT2D eigenvalue weighted by Gasteiger charge is -2.13. The molecule has 110 valence electrons. The van der Waals surface area contributed by atoms with E-state index in [0.717, 1.165) is 10.0 Å². The van der Waals surface area contributed by atoms with Crippen molar-refractivity contribution in [2.45, 2.75) is 12.5 Å². The number of rotatable bonds is 5. The van der Waals surface area contributed by atoms with E-state index in [9.17, 15) is 4.79 Å². The van der Waals surface area contributed by atoms with Gasteiger partial charge in [0.1, 0.15) is 5.75 Å². The summed E-state index contributed by atoms with van der Waals surface area (Å²) in [5.74, 6) is 0.440. The number of carbonyl (C=O) groups is 1. The average molecular weight is 349 g/mol. The van der Waals surface area contributed by atoms with E-state index in [1.165, 1.54) is 0 Å². The molecule has 0 unspecified atom stereocenters. The Hall–Kier alpha value is -1.85. The van der Waals surface area contributed by atoms with Crippen LogP contribution in [0.5, 0.6) is 5.75 Å². The molecular weight excluding hydrogens is 332 g/mol. The number of benzene rings is 2. The lowest BCUT2D eigenvalue weighted by molar-refractivity contribution is -0.117. The summed E-state index contributed by atoms with van der Waals surface area (Å²) in [6.07, 6.45) is 0.498. The van der Waals surface area contributed by atoms with E-state index in [1.54, 1.807) is 19.2 Å². The van der Waals surface area contributed by atoms with Crippen molar-refractivity contribution in [2.24, 2.45) is 5.73 Å². The molecule has 1 amide bonds. The van der Waals surface area contributed by atoms with Gasteiger partial charge in [0, 0.05) is 16.2 Å². The topological polar surface area (TPSA) is 64.3 Å². The lowest BCUT2D eigenvalue weighted by Crippen LogP contribution is -2.37. The summed E-state index contributed by atoms with van der Waals surface area (Å²) in [4.78, 5) is 12.1. The Morgan fingerprint density at radius 2 is 2.00 bits per heavy atom. The molecule has 0 heterocycles. The number of amides is 1. The second kappa shape index (κ2) is 7.24. The highest BCUT2D eigenvalue weighted by Gasteiger charge is 2.14. The molecule has 0 saturated carbocycles. The summed E-state index contributed by atoms with van der Waals surface area (Å²) < 4.78 is 5.99. The fraction of sp³-hybridized carbons (Fsp3) is 0.188. The maximum absolute atomic E-state index is 12.1. The van der Waals surface area contributed by atoms with E-state index in [1.807, 2.05) is 36.4 Å². The molecular formula is C16H17BrN2O2. The van der Waals surface area contributed by atoms with Crippen molar-refractivity contribution < 1.29 is 9.53 Å². The van der Waals surface area contributed by atoms with E-state index in [2.05, 4.69) is 21.2 Å². The number of nitrogens with one attached hydrogen (secondary N) is 1. The zero-order valence-corrected chi connectivity index (χ0v) is 13.3. The Bertz CT molecular complexity index is 617. The van der Waals surface area contributed by atoms with Crippen molar-refractivity contribution in [3.8, 4) is 5.75 Å². The minimum absolute atomic E-state index is 0.223. The number of nitrogens with two attached hydrogens (primary N) is 1. The maximum atomic E-state index is 12.1. The second-order valence-electron chi connectivity index (χ2n) is 4.67. The molecule has 1 atom stereocenters. The monoisotopic (exact) mass is 348 g/mol. The van der Waals surface area contributed by atoms with E-state index in [0.29, 0.717) is 17.9 Å². The Kier molecular flexibility index (Phi) is 5.36. The van der Waals surface area contributed by atoms with Crippen LogP contribution in [0.3, 0.4) is 0 Å². The standard InChI is InChI=1S/C16H17BrN2O2/c1-21-14-9-12(17)8-13(10-14)19-16(20)15(18)7-11-5-3-2-4-6-11/h2-6,8-10,15H,7,18H2,1H3,(H,19,20)/t15-/m1/s1. The number of hydrogen-bond donors (Lipinski definition) is 2. The number of ether oxygens (including phenoxy) is 1. The van der Waals surface area contributed by atoms with Crippen LogP contribution < -0.4 is 15.8 Å². The molecule has 4 nitrogen and oxygen atoms in total. The molecule has 0 aromatic heterocycles. The molecule has 0 saturated heterocycles. The van der Waals surface area contributed by atoms with Crippen LogP contribution in [-0.4, -0.2) is 19.1 Å². The number of methoxy groups -OCH3 is 1. The predicted molar refractivity (Wildman–Crippen MR) is 87.4 cm³/mol. The van der Waals surface area contributed by atoms with Gasteiger partial charge in [0.05, 0.1) is 13.2 Å². The zero-order valence-electron chi connectivity index (χ0n) is 11.7. The van der Waals surface area contributed by atoms with Crippen molar-refractivity contribution >= 4 is 27.5 Å². The molecule has 5 heteroatoms. The molecule has 0 spiro atoms. The molecule has 2 aromatic carbocycles. The minimum Gasteiger partial charge on any atom is -0.497 e. The van der Waals surface area contributed by atoms with Gasteiger partial charge in [-0.1, -0.05) is 46.3 Å². The number of halogens is 1. The minimum atomic E-state index is -0.600. The first-order valence-corrected chi connectivity index (χ1v) is 7.33. The van der Waals surface area contributed by atoms with Gasteiger partial charge in [-0.2, -0.15) is 0 Å². The third-order valence-corrected chi connectivity index (χ3v) is 3.47. The van der Waals surface area contributed by atoms with Gasteiger partial charge in [-0.3, -0.25) is 4.79 Å². The summed E-state index contributed by atoms with van der Waals surface area (Å²) in [6, 6.07) is 14.5. The van der Waals surface area contributed by atoms with E-state index in [4.69, 9.17) is 10.5 Å². The van der Waals surface area contributed by atoms with Gasteiger partial charge in [-0.05, 0) is 24.1 Å². The zero-order chi connectivity index (χ0) is 15.2. The van der Waals surface area contributed by atoms with E-state index < -0.39 is 6.04 Å². The molecule has 0 aliphatic heterocycles. The summed E-state index contributed by atoms with van der Waals surface area (Å²) in [5.41, 5.74) is 7.63. The fourth-order valence-corrected chi connectivity index (χ4v) is 2.42. The van der Waals surface area contributed by atoms with Crippen LogP contribution in [0.15, 0.2) is 53.0 Å². The van der Waals surface area contributed by atoms with Crippen molar-refractivity contribution in [3.63, 3.8) is 0 Å². The van der Waals surface area contributed by atoms with Crippen LogP contribution in [-0.2, 0) is 11.2 Å². The average Bonchev–Trinajstić information content (AvgIpc) is 2.47. The van der Waals surface area contributed by atoms with E-state index >= 15 is 0 Å². The molecule has 2 aromatic rings. The maximum Gasteiger partial charge on any atom is 0.241 e. The summed E-state index contributed by atoms with van der Waals surface area (Å²) >= 11 is 3.37. The Balaban J connectivity index is 2.02. The van der Waals surface area contributed by atoms with Gasteiger partial charge in [0.25, 0.3) is 0 Å². The van der Waals surface area contributed by atoms with Gasteiger partial charge in [-0.25, -0.2) is 0 Å². The van der Waals surface area contributed by atoms with Crippen molar-refractivity contribution in [2.75, 3.05) is 12.4 Å². The van der Waals surface area contributed by atoms with Crippen molar-refractivity contribution in [1.82, 2.24) is 0 Å². The van der Waals surface area contributed by atoms with Gasteiger partial charge >= 0.3 is 0 Å². The first-order valence-electron chi connectivity index (χ1n) is 6.53. The van der Waals surface area contributed by atoms with Gasteiger partial charge in [0.2, 0.25) is 5.91 Å². The summed E-state index contributed by atoms with van der Waals surface area (Å²) in [5, 5.41) is 2.80. The van der Waals surface area contributed by atoms with Gasteiger partial charge in [0.15, 0.2) is 0 Å². The summed E-state index contributed by atoms with van der Waals surface area (Å²) in [7, 11) is 1.58. The second-order valence-corrected chi connectivity index (χ2v) is 5.58. The number of hydrogen-bond acceptors (Lipinski definition) is 3. The molecule has 2 rings (SSSR count). The van der Waals surface area contributed by atoms with Crippen LogP contribution in [0.25, 0.3) is 0 Å². The largest absolute Gasteiger partial charge is 0.497 e. The smallest absolute Gasteiger partial charge is 0.241 e. The highest BCUT2D eigenvalue weighted by atomic mass is 79.9. The molecule has 21 heavy (non-hydrogen) atoms. The predicted octanol–water partition coefficient (Wildman–Crippen LogP) is 2.97. The third kappa shape index (κ3) is 4.58. The third-order valence-electron chi connectivity index (χ3n) is 3.01. The van der Waals surface area contributed by atoms with Crippen LogP contribution in [0.1, 0.15) is 5.56 Å². The first kappa shape index (κ1) is 15.5. The Morgan fingerprint density at radius 3 is 2.67 bits per heavy atom. The highest BCUT2D eigenvalue weighted by molar-refractivity contribution is 9.10. The highest BCUT2D eigenvalue weighted by Crippen LogP contribution is 2.24. The first-order chi connectivity index (χ1) is 10.1. The van der Waals surface area contributed by atoms with Crippen molar-refractivity contribution in [1.29, 1.82) is 0 Å². The fourth-order valence-electron chi connectivity index (χ4n) is 1.95. The summed E-state index contributed by atoms with van der Waals surface area (Å²) in [6.45, 7) is 0. The SMILES string of the molecule is COc1cc(Br)cc(NC(=O)[C@H](N)Cc2ccccc2)c1. The molecule has 0 fully saturated rings. The van der Waals surface area contributed by atoms with Crippen LogP contribution >= 0.6 is 15.9 Å². The molecule has 0 bridgehead atoms. The number of carbonyl (C=O) groups excluding carboxylic acids is 1. The Labute approximate surface area is 132 Å². The molecule has 0 aliphatic carbocycles. The molecule has 0 aliphatic rings. The van der Waals surface area contributed by atoms with Crippen LogP contribution in [0.2, 0.25) is 0 Å². The quantitative estimate of drug-likeness (QED) is 0.872. The molecule has 0 radical (unpaired) electrons. The van der Waals surface area contributed by atoms with Gasteiger partial charge in [-0.15, -0.1) is 0 Å². The Morgan fingerprint density at radius 1 is 1.29 bits per heavy atom. The van der Waals surface area contributed by atoms with Gasteiger partial charge < -0.3 is 15.8 Å². The van der Waals surface area contributed by atoms with E-state index in [-0.39, 0.29) is 5.91 Å². The van der Waals surface area contributed by atoms with Crippen molar-refractivity contribution in [3.05, 3.63) is 58.6 Å². The lowest BCUT2D eigenvalue weighted by atomic mass is 10.1. The molecule has 3 N–H and O–H groups in total. The van der Waals surface area contributed by atoms with Crippen LogP contribution in [0.4, 0.5) is 5.69 Å². The normalized spacial score (nSPS) is 11.8. The number of anilines is 1.